The van der Waals surface area contributed by atoms with E-state index in [1.807, 2.05) is 0 Å². The average molecular weight is 344 g/mol. The molecule has 1 aliphatic rings. The lowest BCUT2D eigenvalue weighted by Crippen LogP contribution is -2.36. The van der Waals surface area contributed by atoms with Crippen molar-refractivity contribution in [2.75, 3.05) is 5.33 Å². The number of halogens is 2. The molecule has 0 amide bonds. The van der Waals surface area contributed by atoms with E-state index in [2.05, 4.69) is 81.9 Å². The molecule has 2 rings (SSSR count). The first-order valence-corrected chi connectivity index (χ1v) is 7.49. The molecule has 1 aliphatic carbocycles. The summed E-state index contributed by atoms with van der Waals surface area (Å²) >= 11 is 7.22. The number of hydrogen-bond acceptors (Lipinski definition) is 0. The van der Waals surface area contributed by atoms with Crippen LogP contribution in [0.25, 0.3) is 5.57 Å². The molecule has 0 radical (unpaired) electrons. The van der Waals surface area contributed by atoms with Crippen molar-refractivity contribution < 1.29 is 0 Å². The second-order valence-corrected chi connectivity index (χ2v) is 6.18. The molecule has 86 valence electrons. The van der Waals surface area contributed by atoms with Gasteiger partial charge in [-0.1, -0.05) is 76.9 Å². The van der Waals surface area contributed by atoms with Crippen LogP contribution in [-0.2, 0) is 5.41 Å². The van der Waals surface area contributed by atoms with Crippen molar-refractivity contribution in [2.24, 2.45) is 5.41 Å². The highest BCUT2D eigenvalue weighted by atomic mass is 79.9. The molecule has 1 atom stereocenters. The Morgan fingerprint density at radius 1 is 1.19 bits per heavy atom. The maximum atomic E-state index is 3.69. The number of alkyl halides is 1. The molecule has 0 heterocycles. The van der Waals surface area contributed by atoms with Gasteiger partial charge in [-0.15, -0.1) is 0 Å². The Hall–Kier alpha value is -0.0800. The van der Waals surface area contributed by atoms with Gasteiger partial charge in [-0.25, -0.2) is 0 Å². The normalized spacial score (nSPS) is 29.4. The first-order valence-electron chi connectivity index (χ1n) is 5.46. The molecule has 0 N–H and O–H groups in total. The molecular weight excluding hydrogens is 328 g/mol. The molecule has 1 unspecified atom stereocenters. The van der Waals surface area contributed by atoms with Gasteiger partial charge in [-0.05, 0) is 21.7 Å². The summed E-state index contributed by atoms with van der Waals surface area (Å²) in [6, 6.07) is 8.72. The monoisotopic (exact) mass is 342 g/mol. The first-order chi connectivity index (χ1) is 7.49. The van der Waals surface area contributed by atoms with E-state index < -0.39 is 0 Å². The van der Waals surface area contributed by atoms with Gasteiger partial charge in [0, 0.05) is 16.2 Å². The molecule has 16 heavy (non-hydrogen) atoms. The van der Waals surface area contributed by atoms with Crippen molar-refractivity contribution >= 4 is 37.4 Å². The molecule has 0 spiro atoms. The van der Waals surface area contributed by atoms with E-state index >= 15 is 0 Å². The van der Waals surface area contributed by atoms with E-state index in [4.69, 9.17) is 0 Å². The lowest BCUT2D eigenvalue weighted by atomic mass is 9.67. The maximum absolute atomic E-state index is 3.69. The Morgan fingerprint density at radius 3 is 2.38 bits per heavy atom. The molecule has 0 saturated carbocycles. The minimum Gasteiger partial charge on any atom is -0.0918 e. The molecule has 0 saturated heterocycles. The van der Waals surface area contributed by atoms with Crippen molar-refractivity contribution in [3.63, 3.8) is 0 Å². The van der Waals surface area contributed by atoms with Crippen molar-refractivity contribution in [3.8, 4) is 0 Å². The molecule has 0 fully saturated rings. The fraction of sp³-hybridized carbons (Fsp3) is 0.429. The third-order valence-electron chi connectivity index (χ3n) is 4.24. The minimum absolute atomic E-state index is 0.139. The zero-order chi connectivity index (χ0) is 12.0. The Labute approximate surface area is 114 Å². The van der Waals surface area contributed by atoms with Gasteiger partial charge in [-0.3, -0.25) is 0 Å². The van der Waals surface area contributed by atoms with Gasteiger partial charge >= 0.3 is 0 Å². The van der Waals surface area contributed by atoms with E-state index in [9.17, 15) is 0 Å². The molecule has 0 bridgehead atoms. The third kappa shape index (κ3) is 1.39. The summed E-state index contributed by atoms with van der Waals surface area (Å²) in [6.45, 7) is 6.99. The Morgan fingerprint density at radius 2 is 1.81 bits per heavy atom. The second-order valence-electron chi connectivity index (χ2n) is 5.16. The van der Waals surface area contributed by atoms with Gasteiger partial charge in [0.25, 0.3) is 0 Å². The Kier molecular flexibility index (Phi) is 3.09. The van der Waals surface area contributed by atoms with Crippen LogP contribution in [0.2, 0.25) is 0 Å². The maximum Gasteiger partial charge on any atom is 0.0135 e. The van der Waals surface area contributed by atoms with Crippen molar-refractivity contribution in [2.45, 2.75) is 26.2 Å². The van der Waals surface area contributed by atoms with Gasteiger partial charge in [0.2, 0.25) is 0 Å². The lowest BCUT2D eigenvalue weighted by Gasteiger charge is -2.38. The highest BCUT2D eigenvalue weighted by Gasteiger charge is 2.50. The minimum atomic E-state index is 0.139. The summed E-state index contributed by atoms with van der Waals surface area (Å²) in [5.74, 6) is 0. The number of hydrogen-bond donors (Lipinski definition) is 0. The van der Waals surface area contributed by atoms with Crippen LogP contribution < -0.4 is 0 Å². The van der Waals surface area contributed by atoms with E-state index in [1.54, 1.807) is 0 Å². The van der Waals surface area contributed by atoms with Gasteiger partial charge in [0.1, 0.15) is 0 Å². The van der Waals surface area contributed by atoms with Gasteiger partial charge in [0.05, 0.1) is 0 Å². The van der Waals surface area contributed by atoms with Crippen LogP contribution in [0.1, 0.15) is 31.9 Å². The highest BCUT2D eigenvalue weighted by molar-refractivity contribution is 9.11. The average Bonchev–Trinajstić information content (AvgIpc) is 2.46. The molecule has 0 aromatic heterocycles. The summed E-state index contributed by atoms with van der Waals surface area (Å²) in [4.78, 5) is 2.09. The van der Waals surface area contributed by atoms with Crippen LogP contribution in [0.15, 0.2) is 29.3 Å². The van der Waals surface area contributed by atoms with E-state index in [-0.39, 0.29) is 10.8 Å². The smallest absolute Gasteiger partial charge is 0.0135 e. The number of fused-ring (bicyclic) bond motifs is 1. The van der Waals surface area contributed by atoms with Crippen molar-refractivity contribution in [1.82, 2.24) is 0 Å². The number of rotatable bonds is 1. The van der Waals surface area contributed by atoms with Gasteiger partial charge < -0.3 is 0 Å². The predicted octanol–water partition coefficient (Wildman–Crippen LogP) is 5.11. The topological polar surface area (TPSA) is 0 Å². The SMILES string of the molecule is CC1(CBr)/C(=C/Br)c2ccccc2C1(C)C. The summed E-state index contributed by atoms with van der Waals surface area (Å²) in [5, 5.41) is 0.971. The summed E-state index contributed by atoms with van der Waals surface area (Å²) in [6.07, 6.45) is 0. The molecule has 1 aromatic rings. The number of benzene rings is 1. The van der Waals surface area contributed by atoms with Crippen LogP contribution in [-0.4, -0.2) is 5.33 Å². The zero-order valence-electron chi connectivity index (χ0n) is 9.85. The molecule has 0 aliphatic heterocycles. The second kappa shape index (κ2) is 3.99. The van der Waals surface area contributed by atoms with Crippen molar-refractivity contribution in [3.05, 3.63) is 40.4 Å². The molecule has 0 nitrogen and oxygen atoms in total. The highest BCUT2D eigenvalue weighted by Crippen LogP contribution is 2.59. The third-order valence-corrected chi connectivity index (χ3v) is 5.82. The van der Waals surface area contributed by atoms with Crippen LogP contribution in [0.3, 0.4) is 0 Å². The van der Waals surface area contributed by atoms with Crippen LogP contribution in [0, 0.1) is 5.41 Å². The predicted molar refractivity (Wildman–Crippen MR) is 78.3 cm³/mol. The van der Waals surface area contributed by atoms with Crippen LogP contribution >= 0.6 is 31.9 Å². The summed E-state index contributed by atoms with van der Waals surface area (Å²) in [5.41, 5.74) is 4.52. The van der Waals surface area contributed by atoms with Gasteiger partial charge in [-0.2, -0.15) is 0 Å². The standard InChI is InChI=1S/C14H16Br2/c1-13(2)11-7-5-4-6-10(11)12(8-15)14(13,3)9-16/h4-8H,9H2,1-3H3/b12-8+. The summed E-state index contributed by atoms with van der Waals surface area (Å²) < 4.78 is 0. The zero-order valence-corrected chi connectivity index (χ0v) is 13.0. The lowest BCUT2D eigenvalue weighted by molar-refractivity contribution is 0.309. The number of allylic oxidation sites excluding steroid dienone is 1. The molecule has 2 heteroatoms. The molecular formula is C14H16Br2. The Balaban J connectivity index is 2.75. The molecule has 1 aromatic carbocycles. The van der Waals surface area contributed by atoms with Crippen LogP contribution in [0.4, 0.5) is 0 Å². The largest absolute Gasteiger partial charge is 0.0918 e. The fourth-order valence-electron chi connectivity index (χ4n) is 2.61. The van der Waals surface area contributed by atoms with Crippen LogP contribution in [0.5, 0.6) is 0 Å². The quantitative estimate of drug-likeness (QED) is 0.621. The van der Waals surface area contributed by atoms with E-state index in [0.717, 1.165) is 5.33 Å². The fourth-order valence-corrected chi connectivity index (χ4v) is 4.37. The van der Waals surface area contributed by atoms with Gasteiger partial charge in [0.15, 0.2) is 0 Å². The van der Waals surface area contributed by atoms with E-state index in [0.29, 0.717) is 0 Å². The van der Waals surface area contributed by atoms with E-state index in [1.165, 1.54) is 16.7 Å². The first kappa shape index (κ1) is 12.4. The Bertz CT molecular complexity index is 446. The summed E-state index contributed by atoms with van der Waals surface area (Å²) in [7, 11) is 0. The van der Waals surface area contributed by atoms with Crippen molar-refractivity contribution in [1.29, 1.82) is 0 Å².